The summed E-state index contributed by atoms with van der Waals surface area (Å²) in [5.41, 5.74) is -0.977. The molecule has 4 heteroatoms. The first kappa shape index (κ1) is 15.2. The minimum Gasteiger partial charge on any atom is -0.481 e. The number of carbonyl (C=O) groups is 2. The van der Waals surface area contributed by atoms with Crippen LogP contribution in [-0.2, 0) is 15.0 Å². The number of carboxylic acid groups (broad SMARTS) is 1. The lowest BCUT2D eigenvalue weighted by molar-refractivity contribution is -0.143. The van der Waals surface area contributed by atoms with E-state index in [1.807, 2.05) is 6.07 Å². The molecule has 0 heterocycles. The van der Waals surface area contributed by atoms with Crippen molar-refractivity contribution >= 4 is 11.9 Å². The third-order valence-electron chi connectivity index (χ3n) is 3.17. The molecular formula is C15H21NO3. The molecule has 0 aliphatic heterocycles. The highest BCUT2D eigenvalue weighted by Crippen LogP contribution is 2.24. The van der Waals surface area contributed by atoms with Gasteiger partial charge in [0.15, 0.2) is 0 Å². The molecule has 0 saturated carbocycles. The summed E-state index contributed by atoms with van der Waals surface area (Å²) in [5.74, 6) is -1.11. The molecule has 0 fully saturated rings. The van der Waals surface area contributed by atoms with Crippen molar-refractivity contribution in [2.45, 2.75) is 33.1 Å². The van der Waals surface area contributed by atoms with E-state index in [-0.39, 0.29) is 12.5 Å². The summed E-state index contributed by atoms with van der Waals surface area (Å²) >= 11 is 0. The number of benzene rings is 1. The van der Waals surface area contributed by atoms with Crippen molar-refractivity contribution in [2.24, 2.45) is 5.41 Å². The lowest BCUT2D eigenvalue weighted by Crippen LogP contribution is -2.47. The van der Waals surface area contributed by atoms with Gasteiger partial charge in [0.2, 0.25) is 5.91 Å². The van der Waals surface area contributed by atoms with Gasteiger partial charge in [0, 0.05) is 12.0 Å². The predicted octanol–water partition coefficient (Wildman–Crippen LogP) is 2.19. The zero-order valence-electron chi connectivity index (χ0n) is 11.9. The Morgan fingerprint density at radius 2 is 1.63 bits per heavy atom. The van der Waals surface area contributed by atoms with Crippen LogP contribution in [0.3, 0.4) is 0 Å². The summed E-state index contributed by atoms with van der Waals surface area (Å²) in [4.78, 5) is 23.4. The number of carboxylic acids is 1. The normalized spacial score (nSPS) is 14.5. The standard InChI is InChI=1S/C15H21NO3/c1-14(2,3)12(17)16-10-15(4,13(18)19)11-8-6-5-7-9-11/h5-9H,10H2,1-4H3,(H,16,17)(H,18,19). The number of hydrogen-bond acceptors (Lipinski definition) is 2. The van der Waals surface area contributed by atoms with Gasteiger partial charge in [-0.15, -0.1) is 0 Å². The Kier molecular flexibility index (Phi) is 4.35. The van der Waals surface area contributed by atoms with Crippen molar-refractivity contribution in [1.29, 1.82) is 0 Å². The van der Waals surface area contributed by atoms with E-state index in [0.717, 1.165) is 0 Å². The average Bonchev–Trinajstić information content (AvgIpc) is 2.35. The van der Waals surface area contributed by atoms with Gasteiger partial charge in [-0.1, -0.05) is 51.1 Å². The van der Waals surface area contributed by atoms with E-state index < -0.39 is 16.8 Å². The fourth-order valence-electron chi connectivity index (χ4n) is 1.63. The van der Waals surface area contributed by atoms with Crippen LogP contribution < -0.4 is 5.32 Å². The Labute approximate surface area is 113 Å². The van der Waals surface area contributed by atoms with E-state index in [9.17, 15) is 14.7 Å². The van der Waals surface area contributed by atoms with E-state index in [0.29, 0.717) is 5.56 Å². The molecule has 1 unspecified atom stereocenters. The van der Waals surface area contributed by atoms with Crippen LogP contribution in [0.5, 0.6) is 0 Å². The van der Waals surface area contributed by atoms with Crippen molar-refractivity contribution in [3.63, 3.8) is 0 Å². The van der Waals surface area contributed by atoms with Crippen molar-refractivity contribution in [2.75, 3.05) is 6.54 Å². The number of carbonyl (C=O) groups excluding carboxylic acids is 1. The molecule has 4 nitrogen and oxygen atoms in total. The second-order valence-corrected chi connectivity index (χ2v) is 5.94. The summed E-state index contributed by atoms with van der Waals surface area (Å²) in [6.45, 7) is 7.07. The number of amides is 1. The molecule has 0 aliphatic carbocycles. The van der Waals surface area contributed by atoms with Crippen molar-refractivity contribution in [1.82, 2.24) is 5.32 Å². The Morgan fingerprint density at radius 3 is 2.05 bits per heavy atom. The van der Waals surface area contributed by atoms with Gasteiger partial charge in [-0.05, 0) is 12.5 Å². The third kappa shape index (κ3) is 3.56. The van der Waals surface area contributed by atoms with Crippen molar-refractivity contribution in [3.8, 4) is 0 Å². The van der Waals surface area contributed by atoms with E-state index in [1.54, 1.807) is 52.0 Å². The molecule has 19 heavy (non-hydrogen) atoms. The third-order valence-corrected chi connectivity index (χ3v) is 3.17. The Morgan fingerprint density at radius 1 is 1.11 bits per heavy atom. The van der Waals surface area contributed by atoms with Gasteiger partial charge in [-0.2, -0.15) is 0 Å². The Hall–Kier alpha value is -1.84. The lowest BCUT2D eigenvalue weighted by Gasteiger charge is -2.27. The van der Waals surface area contributed by atoms with Crippen molar-refractivity contribution in [3.05, 3.63) is 35.9 Å². The first-order chi connectivity index (χ1) is 8.68. The molecule has 0 saturated heterocycles. The quantitative estimate of drug-likeness (QED) is 0.875. The van der Waals surface area contributed by atoms with Gasteiger partial charge in [-0.25, -0.2) is 0 Å². The van der Waals surface area contributed by atoms with E-state index in [4.69, 9.17) is 0 Å². The summed E-state index contributed by atoms with van der Waals surface area (Å²) < 4.78 is 0. The van der Waals surface area contributed by atoms with Gasteiger partial charge in [0.05, 0.1) is 0 Å². The fourth-order valence-corrected chi connectivity index (χ4v) is 1.63. The molecule has 0 spiro atoms. The maximum atomic E-state index is 11.9. The van der Waals surface area contributed by atoms with Gasteiger partial charge in [-0.3, -0.25) is 9.59 Å². The van der Waals surface area contributed by atoms with Crippen LogP contribution in [0.4, 0.5) is 0 Å². The van der Waals surface area contributed by atoms with E-state index in [2.05, 4.69) is 5.32 Å². The SMILES string of the molecule is CC(C)(C)C(=O)NCC(C)(C(=O)O)c1ccccc1. The zero-order chi connectivity index (χ0) is 14.7. The minimum absolute atomic E-state index is 0.0719. The highest BCUT2D eigenvalue weighted by Gasteiger charge is 2.36. The molecule has 104 valence electrons. The first-order valence-electron chi connectivity index (χ1n) is 6.25. The van der Waals surface area contributed by atoms with Crippen LogP contribution in [0.2, 0.25) is 0 Å². The molecule has 0 aliphatic rings. The minimum atomic E-state index is -1.12. The Balaban J connectivity index is 2.91. The van der Waals surface area contributed by atoms with Gasteiger partial charge < -0.3 is 10.4 Å². The average molecular weight is 263 g/mol. The molecule has 0 aromatic heterocycles. The zero-order valence-corrected chi connectivity index (χ0v) is 11.9. The van der Waals surface area contributed by atoms with Crippen LogP contribution in [0.25, 0.3) is 0 Å². The molecule has 1 rings (SSSR count). The van der Waals surface area contributed by atoms with Gasteiger partial charge in [0.1, 0.15) is 5.41 Å². The van der Waals surface area contributed by atoms with Gasteiger partial charge in [0.25, 0.3) is 0 Å². The number of aliphatic carboxylic acids is 1. The molecule has 1 aromatic rings. The number of rotatable bonds is 4. The molecule has 1 aromatic carbocycles. The highest BCUT2D eigenvalue weighted by atomic mass is 16.4. The van der Waals surface area contributed by atoms with Gasteiger partial charge >= 0.3 is 5.97 Å². The summed E-state index contributed by atoms with van der Waals surface area (Å²) in [6.07, 6.45) is 0. The fraction of sp³-hybridized carbons (Fsp3) is 0.467. The predicted molar refractivity (Wildman–Crippen MR) is 73.9 cm³/mol. The molecule has 1 amide bonds. The number of nitrogens with one attached hydrogen (secondary N) is 1. The summed E-state index contributed by atoms with van der Waals surface area (Å²) in [5, 5.41) is 12.2. The van der Waals surface area contributed by atoms with Crippen LogP contribution in [0, 0.1) is 5.41 Å². The smallest absolute Gasteiger partial charge is 0.315 e. The lowest BCUT2D eigenvalue weighted by atomic mass is 9.82. The monoisotopic (exact) mass is 263 g/mol. The van der Waals surface area contributed by atoms with Crippen LogP contribution in [0.1, 0.15) is 33.3 Å². The molecule has 2 N–H and O–H groups in total. The highest BCUT2D eigenvalue weighted by molar-refractivity contribution is 5.85. The molecule has 1 atom stereocenters. The second-order valence-electron chi connectivity index (χ2n) is 5.94. The topological polar surface area (TPSA) is 66.4 Å². The van der Waals surface area contributed by atoms with E-state index >= 15 is 0 Å². The molecule has 0 radical (unpaired) electrons. The number of hydrogen-bond donors (Lipinski definition) is 2. The van der Waals surface area contributed by atoms with Crippen LogP contribution in [0.15, 0.2) is 30.3 Å². The second kappa shape index (κ2) is 5.43. The molecular weight excluding hydrogens is 242 g/mol. The van der Waals surface area contributed by atoms with E-state index in [1.165, 1.54) is 0 Å². The van der Waals surface area contributed by atoms with Crippen LogP contribution >= 0.6 is 0 Å². The summed E-state index contributed by atoms with van der Waals surface area (Å²) in [6, 6.07) is 8.94. The Bertz CT molecular complexity index is 462. The maximum absolute atomic E-state index is 11.9. The van der Waals surface area contributed by atoms with Crippen LogP contribution in [-0.4, -0.2) is 23.5 Å². The summed E-state index contributed by atoms with van der Waals surface area (Å²) in [7, 11) is 0. The first-order valence-corrected chi connectivity index (χ1v) is 6.25. The van der Waals surface area contributed by atoms with Crippen molar-refractivity contribution < 1.29 is 14.7 Å². The maximum Gasteiger partial charge on any atom is 0.315 e. The molecule has 0 bridgehead atoms. The largest absolute Gasteiger partial charge is 0.481 e.